The molecule has 0 aromatic carbocycles. The van der Waals surface area contributed by atoms with Gasteiger partial charge in [0.1, 0.15) is 0 Å². The molecule has 13 heavy (non-hydrogen) atoms. The molecular weight excluding hydrogens is 158 g/mol. The van der Waals surface area contributed by atoms with Crippen molar-refractivity contribution < 1.29 is 0 Å². The highest BCUT2D eigenvalue weighted by atomic mass is 15.1. The van der Waals surface area contributed by atoms with Gasteiger partial charge in [-0.3, -0.25) is 0 Å². The number of piperidine rings is 1. The van der Waals surface area contributed by atoms with Crippen LogP contribution >= 0.6 is 0 Å². The molecule has 2 aliphatic rings. The Labute approximate surface area is 82.5 Å². The third kappa shape index (κ3) is 2.07. The SMILES string of the molecule is CC1CCCC2(CCCN(C)C2)C1. The van der Waals surface area contributed by atoms with Crippen molar-refractivity contribution in [1.29, 1.82) is 0 Å². The first-order valence-electron chi connectivity index (χ1n) is 5.89. The molecule has 0 aromatic rings. The Kier molecular flexibility index (Phi) is 2.64. The van der Waals surface area contributed by atoms with E-state index in [1.807, 2.05) is 0 Å². The third-order valence-electron chi connectivity index (χ3n) is 4.04. The highest BCUT2D eigenvalue weighted by Gasteiger charge is 2.37. The van der Waals surface area contributed by atoms with Gasteiger partial charge in [0.25, 0.3) is 0 Å². The maximum atomic E-state index is 2.54. The molecular formula is C12H23N. The molecule has 2 rings (SSSR count). The quantitative estimate of drug-likeness (QED) is 0.555. The largest absolute Gasteiger partial charge is 0.306 e. The second kappa shape index (κ2) is 3.61. The molecule has 0 N–H and O–H groups in total. The lowest BCUT2D eigenvalue weighted by Crippen LogP contribution is -2.43. The molecule has 2 fully saturated rings. The minimum atomic E-state index is 0.727. The van der Waals surface area contributed by atoms with Gasteiger partial charge < -0.3 is 4.90 Å². The number of likely N-dealkylation sites (tertiary alicyclic amines) is 1. The summed E-state index contributed by atoms with van der Waals surface area (Å²) in [4.78, 5) is 2.54. The normalized spacial score (nSPS) is 42.5. The molecule has 1 aliphatic heterocycles. The highest BCUT2D eigenvalue weighted by molar-refractivity contribution is 4.90. The summed E-state index contributed by atoms with van der Waals surface area (Å²) in [5, 5.41) is 0. The van der Waals surface area contributed by atoms with E-state index in [9.17, 15) is 0 Å². The fourth-order valence-electron chi connectivity index (χ4n) is 3.59. The lowest BCUT2D eigenvalue weighted by atomic mass is 9.66. The van der Waals surface area contributed by atoms with E-state index in [1.54, 1.807) is 0 Å². The van der Waals surface area contributed by atoms with Gasteiger partial charge in [0, 0.05) is 6.54 Å². The molecule has 1 heterocycles. The molecule has 0 amide bonds. The average molecular weight is 181 g/mol. The summed E-state index contributed by atoms with van der Waals surface area (Å²) in [5.41, 5.74) is 0.727. The monoisotopic (exact) mass is 181 g/mol. The molecule has 76 valence electrons. The van der Waals surface area contributed by atoms with Gasteiger partial charge in [-0.05, 0) is 50.6 Å². The van der Waals surface area contributed by atoms with Crippen LogP contribution in [0, 0.1) is 11.3 Å². The fraction of sp³-hybridized carbons (Fsp3) is 1.00. The molecule has 0 aromatic heterocycles. The van der Waals surface area contributed by atoms with Gasteiger partial charge in [-0.1, -0.05) is 19.8 Å². The summed E-state index contributed by atoms with van der Waals surface area (Å²) in [6, 6.07) is 0. The van der Waals surface area contributed by atoms with Gasteiger partial charge in [-0.2, -0.15) is 0 Å². The van der Waals surface area contributed by atoms with Crippen molar-refractivity contribution in [1.82, 2.24) is 4.90 Å². The van der Waals surface area contributed by atoms with Gasteiger partial charge in [-0.25, -0.2) is 0 Å². The zero-order chi connectivity index (χ0) is 9.31. The van der Waals surface area contributed by atoms with Gasteiger partial charge in [0.15, 0.2) is 0 Å². The lowest BCUT2D eigenvalue weighted by Gasteiger charge is -2.46. The van der Waals surface area contributed by atoms with E-state index in [1.165, 1.54) is 51.6 Å². The van der Waals surface area contributed by atoms with E-state index in [0.717, 1.165) is 11.3 Å². The van der Waals surface area contributed by atoms with E-state index in [-0.39, 0.29) is 0 Å². The van der Waals surface area contributed by atoms with E-state index in [0.29, 0.717) is 0 Å². The maximum Gasteiger partial charge on any atom is 0.00350 e. The lowest BCUT2D eigenvalue weighted by molar-refractivity contribution is 0.0490. The van der Waals surface area contributed by atoms with Crippen LogP contribution in [0.25, 0.3) is 0 Å². The maximum absolute atomic E-state index is 2.54. The van der Waals surface area contributed by atoms with Crippen molar-refractivity contribution in [3.63, 3.8) is 0 Å². The zero-order valence-electron chi connectivity index (χ0n) is 9.18. The van der Waals surface area contributed by atoms with Gasteiger partial charge in [0.2, 0.25) is 0 Å². The van der Waals surface area contributed by atoms with E-state index >= 15 is 0 Å². The number of hydrogen-bond acceptors (Lipinski definition) is 1. The minimum Gasteiger partial charge on any atom is -0.306 e. The number of rotatable bonds is 0. The molecule has 1 saturated heterocycles. The van der Waals surface area contributed by atoms with Crippen molar-refractivity contribution >= 4 is 0 Å². The van der Waals surface area contributed by atoms with Crippen molar-refractivity contribution in [2.75, 3.05) is 20.1 Å². The predicted molar refractivity (Wildman–Crippen MR) is 56.8 cm³/mol. The zero-order valence-corrected chi connectivity index (χ0v) is 9.18. The summed E-state index contributed by atoms with van der Waals surface area (Å²) < 4.78 is 0. The summed E-state index contributed by atoms with van der Waals surface area (Å²) in [5.74, 6) is 0.986. The molecule has 1 aliphatic carbocycles. The predicted octanol–water partition coefficient (Wildman–Crippen LogP) is 2.91. The smallest absolute Gasteiger partial charge is 0.00350 e. The third-order valence-corrected chi connectivity index (χ3v) is 4.04. The molecule has 1 spiro atoms. The van der Waals surface area contributed by atoms with Crippen molar-refractivity contribution in [3.05, 3.63) is 0 Å². The Morgan fingerprint density at radius 3 is 2.69 bits per heavy atom. The van der Waals surface area contributed by atoms with Crippen LogP contribution in [0.3, 0.4) is 0 Å². The van der Waals surface area contributed by atoms with Gasteiger partial charge in [-0.15, -0.1) is 0 Å². The Hall–Kier alpha value is -0.0400. The molecule has 1 nitrogen and oxygen atoms in total. The van der Waals surface area contributed by atoms with Gasteiger partial charge >= 0.3 is 0 Å². The topological polar surface area (TPSA) is 3.24 Å². The molecule has 0 radical (unpaired) electrons. The Morgan fingerprint density at radius 2 is 2.00 bits per heavy atom. The van der Waals surface area contributed by atoms with Crippen molar-refractivity contribution in [3.8, 4) is 0 Å². The number of hydrogen-bond donors (Lipinski definition) is 0. The molecule has 2 atom stereocenters. The second-order valence-electron chi connectivity index (χ2n) is 5.54. The van der Waals surface area contributed by atoms with Crippen molar-refractivity contribution in [2.24, 2.45) is 11.3 Å². The van der Waals surface area contributed by atoms with Crippen LogP contribution in [-0.2, 0) is 0 Å². The van der Waals surface area contributed by atoms with Crippen LogP contribution in [-0.4, -0.2) is 25.0 Å². The van der Waals surface area contributed by atoms with Gasteiger partial charge in [0.05, 0.1) is 0 Å². The van der Waals surface area contributed by atoms with Crippen molar-refractivity contribution in [2.45, 2.75) is 45.4 Å². The number of nitrogens with zero attached hydrogens (tertiary/aromatic N) is 1. The fourth-order valence-corrected chi connectivity index (χ4v) is 3.59. The molecule has 2 unspecified atom stereocenters. The molecule has 0 bridgehead atoms. The Morgan fingerprint density at radius 1 is 1.23 bits per heavy atom. The first-order valence-corrected chi connectivity index (χ1v) is 5.89. The molecule has 1 saturated carbocycles. The first-order chi connectivity index (χ1) is 6.20. The summed E-state index contributed by atoms with van der Waals surface area (Å²) in [7, 11) is 2.29. The summed E-state index contributed by atoms with van der Waals surface area (Å²) in [6.45, 7) is 5.14. The van der Waals surface area contributed by atoms with Crippen LogP contribution in [0.2, 0.25) is 0 Å². The highest BCUT2D eigenvalue weighted by Crippen LogP contribution is 2.44. The summed E-state index contributed by atoms with van der Waals surface area (Å²) >= 11 is 0. The molecule has 1 heteroatoms. The van der Waals surface area contributed by atoms with E-state index in [4.69, 9.17) is 0 Å². The minimum absolute atomic E-state index is 0.727. The second-order valence-corrected chi connectivity index (χ2v) is 5.54. The van der Waals surface area contributed by atoms with Crippen LogP contribution in [0.15, 0.2) is 0 Å². The van der Waals surface area contributed by atoms with Crippen LogP contribution in [0.4, 0.5) is 0 Å². The van der Waals surface area contributed by atoms with E-state index in [2.05, 4.69) is 18.9 Å². The first kappa shape index (κ1) is 9.51. The average Bonchev–Trinajstić information content (AvgIpc) is 2.02. The van der Waals surface area contributed by atoms with Crippen LogP contribution < -0.4 is 0 Å². The summed E-state index contributed by atoms with van der Waals surface area (Å²) in [6.07, 6.45) is 8.89. The van der Waals surface area contributed by atoms with Crippen LogP contribution in [0.5, 0.6) is 0 Å². The Bertz CT molecular complexity index is 156. The Balaban J connectivity index is 2.00. The van der Waals surface area contributed by atoms with Crippen LogP contribution in [0.1, 0.15) is 45.4 Å². The van der Waals surface area contributed by atoms with E-state index < -0.39 is 0 Å². The standard InChI is InChI=1S/C12H23N/c1-11-5-3-6-12(9-11)7-4-8-13(2)10-12/h11H,3-10H2,1-2H3.